The highest BCUT2D eigenvalue weighted by molar-refractivity contribution is 7.96. The first-order valence-corrected chi connectivity index (χ1v) is 16.4. The molecule has 0 radical (unpaired) electrons. The van der Waals surface area contributed by atoms with Gasteiger partial charge in [0.2, 0.25) is 0 Å². The largest absolute Gasteiger partial charge is 0.463 e. The molecule has 1 unspecified atom stereocenters. The number of benzene rings is 4. The molecule has 0 amide bonds. The lowest BCUT2D eigenvalue weighted by atomic mass is 9.85. The Hall–Kier alpha value is -4.87. The fourth-order valence-electron chi connectivity index (χ4n) is 5.74. The van der Waals surface area contributed by atoms with Gasteiger partial charge in [-0.1, -0.05) is 121 Å². The number of hydrogen-bond donors (Lipinski definition) is 0. The molecule has 0 spiro atoms. The summed E-state index contributed by atoms with van der Waals surface area (Å²) in [6.45, 7) is 0.529. The number of ether oxygens (including phenoxy) is 1. The third kappa shape index (κ3) is 5.47. The van der Waals surface area contributed by atoms with E-state index in [9.17, 15) is 15.3 Å². The Morgan fingerprint density at radius 3 is 1.66 bits per heavy atom. The van der Waals surface area contributed by atoms with Gasteiger partial charge in [0, 0.05) is 5.56 Å². The van der Waals surface area contributed by atoms with Crippen LogP contribution in [0.2, 0.25) is 5.15 Å². The highest BCUT2D eigenvalue weighted by Gasteiger charge is 2.44. The van der Waals surface area contributed by atoms with E-state index < -0.39 is 24.7 Å². The first-order chi connectivity index (χ1) is 21.5. The molecule has 5 aromatic rings. The number of aryl methyl sites for hydroxylation is 1. The van der Waals surface area contributed by atoms with E-state index >= 15 is 0 Å². The number of hydrogen-bond acceptors (Lipinski definition) is 5. The van der Waals surface area contributed by atoms with Gasteiger partial charge >= 0.3 is 5.97 Å². The average Bonchev–Trinajstić information content (AvgIpc) is 3.37. The highest BCUT2D eigenvalue weighted by Crippen LogP contribution is 2.51. The Kier molecular flexibility index (Phi) is 9.47. The summed E-state index contributed by atoms with van der Waals surface area (Å²) in [6, 6.07) is 43.1. The summed E-state index contributed by atoms with van der Waals surface area (Å²) in [6.07, 6.45) is 0. The Labute approximate surface area is 262 Å². The maximum Gasteiger partial charge on any atom is 0.335 e. The van der Waals surface area contributed by atoms with Crippen LogP contribution in [0.5, 0.6) is 0 Å². The molecule has 0 aliphatic carbocycles. The van der Waals surface area contributed by atoms with Crippen LogP contribution in [-0.4, -0.2) is 27.7 Å². The maximum atomic E-state index is 14.6. The number of rotatable bonds is 9. The molecule has 5 rings (SSSR count). The molecule has 1 heterocycles. The van der Waals surface area contributed by atoms with Crippen LogP contribution in [0.4, 0.5) is 0 Å². The lowest BCUT2D eigenvalue weighted by Crippen LogP contribution is -2.39. The maximum absolute atomic E-state index is 14.6. The summed E-state index contributed by atoms with van der Waals surface area (Å²) < 4.78 is 7.43. The second-order valence-corrected chi connectivity index (χ2v) is 13.8. The molecular formula is C36H30ClN4O2P. The fraction of sp³-hybridized carbons (Fsp3) is 0.139. The predicted octanol–water partition coefficient (Wildman–Crippen LogP) is 6.31. The first kappa shape index (κ1) is 30.6. The molecule has 44 heavy (non-hydrogen) atoms. The molecule has 0 aliphatic heterocycles. The number of carbonyl (C=O) groups excluding carboxylic acids is 1. The third-order valence-electron chi connectivity index (χ3n) is 7.54. The van der Waals surface area contributed by atoms with Crippen molar-refractivity contribution in [3.05, 3.63) is 138 Å². The molecule has 0 aliphatic rings. The van der Waals surface area contributed by atoms with Gasteiger partial charge in [-0.25, -0.2) is 9.48 Å². The van der Waals surface area contributed by atoms with Gasteiger partial charge in [-0.2, -0.15) is 15.6 Å². The molecule has 1 aromatic heterocycles. The van der Waals surface area contributed by atoms with E-state index in [1.54, 1.807) is 18.5 Å². The van der Waals surface area contributed by atoms with Gasteiger partial charge in [0.25, 0.3) is 0 Å². The second kappa shape index (κ2) is 13.6. The minimum absolute atomic E-state index is 0.104. The molecule has 0 saturated heterocycles. The van der Waals surface area contributed by atoms with Crippen molar-refractivity contribution in [2.45, 2.75) is 19.8 Å². The van der Waals surface area contributed by atoms with E-state index in [1.807, 2.05) is 121 Å². The van der Waals surface area contributed by atoms with E-state index in [-0.39, 0.29) is 11.8 Å². The van der Waals surface area contributed by atoms with Crippen molar-refractivity contribution in [1.29, 1.82) is 10.5 Å². The van der Waals surface area contributed by atoms with Crippen molar-refractivity contribution >= 4 is 45.7 Å². The number of nitrogens with zero attached hydrogens (tertiary/aromatic N) is 4. The molecule has 218 valence electrons. The lowest BCUT2D eigenvalue weighted by Gasteiger charge is -2.35. The quantitative estimate of drug-likeness (QED) is 0.143. The van der Waals surface area contributed by atoms with Crippen LogP contribution >= 0.6 is 18.5 Å². The van der Waals surface area contributed by atoms with E-state index in [1.165, 1.54) is 0 Å². The Morgan fingerprint density at radius 1 is 0.818 bits per heavy atom. The van der Waals surface area contributed by atoms with Crippen LogP contribution in [0.3, 0.4) is 0 Å². The molecule has 0 N–H and O–H groups in total. The van der Waals surface area contributed by atoms with Crippen molar-refractivity contribution in [2.24, 2.45) is 5.92 Å². The molecule has 6 nitrogen and oxygen atoms in total. The van der Waals surface area contributed by atoms with Gasteiger partial charge in [-0.05, 0) is 48.8 Å². The zero-order valence-corrected chi connectivity index (χ0v) is 26.0. The topological polar surface area (TPSA) is 91.7 Å². The number of esters is 1. The monoisotopic (exact) mass is 616 g/mol. The van der Waals surface area contributed by atoms with Gasteiger partial charge in [0.1, 0.15) is 11.1 Å². The van der Waals surface area contributed by atoms with E-state index in [0.717, 1.165) is 15.9 Å². The summed E-state index contributed by atoms with van der Waals surface area (Å²) in [4.78, 5) is 14.6. The third-order valence-corrected chi connectivity index (χ3v) is 12.3. The van der Waals surface area contributed by atoms with Gasteiger partial charge in [-0.15, -0.1) is 0 Å². The normalized spacial score (nSPS) is 11.8. The number of halogens is 1. The van der Waals surface area contributed by atoms with Crippen molar-refractivity contribution in [3.63, 3.8) is 0 Å². The van der Waals surface area contributed by atoms with Crippen LogP contribution < -0.4 is 15.9 Å². The summed E-state index contributed by atoms with van der Waals surface area (Å²) >= 11 is 7.16. The summed E-state index contributed by atoms with van der Waals surface area (Å²) in [5, 5.41) is 28.9. The lowest BCUT2D eigenvalue weighted by molar-refractivity contribution is -0.135. The molecule has 1 atom stereocenters. The van der Waals surface area contributed by atoms with Crippen LogP contribution in [0.25, 0.3) is 5.69 Å². The SMILES string of the molecule is CCOC(=O)C(C(c1c(C)nn(-c2ccccc2)c1Cl)C(C#N)C#N)=P(c1ccccc1)(c1ccccc1)c1ccccc1. The zero-order valence-electron chi connectivity index (χ0n) is 24.3. The average molecular weight is 617 g/mol. The predicted molar refractivity (Wildman–Crippen MR) is 178 cm³/mol. The first-order valence-electron chi connectivity index (χ1n) is 14.2. The number of aromatic nitrogens is 2. The highest BCUT2D eigenvalue weighted by atomic mass is 35.5. The zero-order chi connectivity index (χ0) is 31.1. The van der Waals surface area contributed by atoms with Crippen LogP contribution in [-0.2, 0) is 9.53 Å². The Balaban J connectivity index is 2.06. The standard InChI is InChI=1S/C36H30ClN4O2P/c1-3-43-36(42)34(33(27(24-38)25-39)32-26(2)40-41(35(32)37)28-16-8-4-9-17-28)44(29-18-10-5-11-19-29,30-20-12-6-13-21-30)31-22-14-7-15-23-31/h4-23,27,33H,3H2,1-2H3. The van der Waals surface area contributed by atoms with Crippen LogP contribution in [0.15, 0.2) is 121 Å². The number of para-hydroxylation sites is 1. The summed E-state index contributed by atoms with van der Waals surface area (Å²) in [5.41, 5.74) is 1.66. The van der Waals surface area contributed by atoms with E-state index in [2.05, 4.69) is 12.1 Å². The van der Waals surface area contributed by atoms with Gasteiger partial charge in [0.05, 0.1) is 41.3 Å². The second-order valence-electron chi connectivity index (χ2n) is 10.0. The molecule has 8 heteroatoms. The van der Waals surface area contributed by atoms with Crippen molar-refractivity contribution < 1.29 is 9.53 Å². The van der Waals surface area contributed by atoms with E-state index in [4.69, 9.17) is 21.4 Å². The van der Waals surface area contributed by atoms with Crippen LogP contribution in [0, 0.1) is 35.5 Å². The molecule has 0 saturated carbocycles. The van der Waals surface area contributed by atoms with Gasteiger partial charge in [0.15, 0.2) is 0 Å². The minimum atomic E-state index is -3.11. The Morgan fingerprint density at radius 2 is 1.25 bits per heavy atom. The Bertz CT molecular complexity index is 1780. The number of nitriles is 2. The molecule has 0 fully saturated rings. The van der Waals surface area contributed by atoms with Crippen molar-refractivity contribution in [2.75, 3.05) is 6.61 Å². The molecule has 0 bridgehead atoms. The van der Waals surface area contributed by atoms with E-state index in [0.29, 0.717) is 22.2 Å². The number of carbonyl (C=O) groups is 1. The molecular weight excluding hydrogens is 587 g/mol. The summed E-state index contributed by atoms with van der Waals surface area (Å²) in [7, 11) is 0. The smallest absolute Gasteiger partial charge is 0.335 e. The molecule has 4 aromatic carbocycles. The van der Waals surface area contributed by atoms with Gasteiger partial charge < -0.3 is 4.74 Å². The van der Waals surface area contributed by atoms with Crippen LogP contribution in [0.1, 0.15) is 24.1 Å². The van der Waals surface area contributed by atoms with Gasteiger partial charge in [-0.3, -0.25) is 0 Å². The van der Waals surface area contributed by atoms with Crippen molar-refractivity contribution in [3.8, 4) is 17.8 Å². The summed E-state index contributed by atoms with van der Waals surface area (Å²) in [5.74, 6) is -2.93. The minimum Gasteiger partial charge on any atom is -0.463 e. The fourth-order valence-corrected chi connectivity index (χ4v) is 10.8. The van der Waals surface area contributed by atoms with Crippen molar-refractivity contribution in [1.82, 2.24) is 9.78 Å².